The first-order valence-electron chi connectivity index (χ1n) is 11.1. The van der Waals surface area contributed by atoms with E-state index < -0.39 is 0 Å². The van der Waals surface area contributed by atoms with Gasteiger partial charge in [-0.1, -0.05) is 81.4 Å². The van der Waals surface area contributed by atoms with E-state index in [2.05, 4.69) is 74.0 Å². The van der Waals surface area contributed by atoms with Gasteiger partial charge in [-0.25, -0.2) is 0 Å². The summed E-state index contributed by atoms with van der Waals surface area (Å²) < 4.78 is 12.4. The Bertz CT molecular complexity index is 713. The molecule has 2 unspecified atom stereocenters. The highest BCUT2D eigenvalue weighted by molar-refractivity contribution is 9.09. The van der Waals surface area contributed by atoms with E-state index in [9.17, 15) is 0 Å². The molecule has 2 nitrogen and oxygen atoms in total. The summed E-state index contributed by atoms with van der Waals surface area (Å²) in [5.74, 6) is 1.99. The van der Waals surface area contributed by atoms with Crippen LogP contribution in [0.1, 0.15) is 78.2 Å². The number of hydrogen-bond acceptors (Lipinski definition) is 2. The number of aryl methyl sites for hydroxylation is 1. The molecule has 28 heavy (non-hydrogen) atoms. The van der Waals surface area contributed by atoms with Gasteiger partial charge in [-0.3, -0.25) is 0 Å². The standard InChI is InChI=1S/C25H37BrO2/c1-5-9-10-11-12-17-27-20-14-15-22-19(18-20)13-16-25(21(22)6-2)28-24(8-4)23(26)7-3/h13-16,18,23-24H,5-12,17H2,1-4H3. The average molecular weight is 449 g/mol. The summed E-state index contributed by atoms with van der Waals surface area (Å²) in [6, 6.07) is 10.8. The molecule has 0 fully saturated rings. The summed E-state index contributed by atoms with van der Waals surface area (Å²) in [7, 11) is 0. The van der Waals surface area contributed by atoms with Crippen LogP contribution in [0.25, 0.3) is 10.8 Å². The molecule has 0 amide bonds. The summed E-state index contributed by atoms with van der Waals surface area (Å²) in [6.45, 7) is 9.63. The smallest absolute Gasteiger partial charge is 0.123 e. The molecule has 0 spiro atoms. The Kier molecular flexibility index (Phi) is 10.2. The number of unbranched alkanes of at least 4 members (excludes halogenated alkanes) is 4. The zero-order valence-electron chi connectivity index (χ0n) is 18.1. The average Bonchev–Trinajstić information content (AvgIpc) is 2.73. The van der Waals surface area contributed by atoms with Crippen LogP contribution in [0.3, 0.4) is 0 Å². The largest absolute Gasteiger partial charge is 0.494 e. The molecule has 156 valence electrons. The number of hydrogen-bond donors (Lipinski definition) is 0. The number of halogens is 1. The summed E-state index contributed by atoms with van der Waals surface area (Å²) >= 11 is 3.77. The van der Waals surface area contributed by atoms with E-state index in [4.69, 9.17) is 9.47 Å². The molecule has 0 saturated carbocycles. The van der Waals surface area contributed by atoms with Crippen molar-refractivity contribution < 1.29 is 9.47 Å². The van der Waals surface area contributed by atoms with Crippen LogP contribution >= 0.6 is 15.9 Å². The van der Waals surface area contributed by atoms with Crippen LogP contribution in [0, 0.1) is 0 Å². The van der Waals surface area contributed by atoms with Gasteiger partial charge < -0.3 is 9.47 Å². The van der Waals surface area contributed by atoms with Crippen LogP contribution < -0.4 is 9.47 Å². The molecule has 3 heteroatoms. The van der Waals surface area contributed by atoms with Gasteiger partial charge in [-0.2, -0.15) is 0 Å². The molecule has 0 radical (unpaired) electrons. The summed E-state index contributed by atoms with van der Waals surface area (Å²) in [4.78, 5) is 0.381. The Hall–Kier alpha value is -1.22. The Balaban J connectivity index is 2.10. The third-order valence-electron chi connectivity index (χ3n) is 5.40. The van der Waals surface area contributed by atoms with Gasteiger partial charge in [0, 0.05) is 5.56 Å². The van der Waals surface area contributed by atoms with Crippen molar-refractivity contribution in [3.63, 3.8) is 0 Å². The number of benzene rings is 2. The Morgan fingerprint density at radius 1 is 0.893 bits per heavy atom. The van der Waals surface area contributed by atoms with Crippen LogP contribution in [0.2, 0.25) is 0 Å². The summed E-state index contributed by atoms with van der Waals surface area (Å²) in [5, 5.41) is 2.50. The molecule has 0 aromatic heterocycles. The van der Waals surface area contributed by atoms with Gasteiger partial charge in [0.1, 0.15) is 17.6 Å². The fourth-order valence-corrected chi connectivity index (χ4v) is 4.13. The van der Waals surface area contributed by atoms with Crippen molar-refractivity contribution >= 4 is 26.7 Å². The zero-order valence-corrected chi connectivity index (χ0v) is 19.7. The maximum atomic E-state index is 6.41. The third kappa shape index (κ3) is 6.40. The molecule has 0 heterocycles. The Morgan fingerprint density at radius 2 is 1.68 bits per heavy atom. The van der Waals surface area contributed by atoms with Crippen molar-refractivity contribution in [1.82, 2.24) is 0 Å². The number of alkyl halides is 1. The van der Waals surface area contributed by atoms with E-state index in [0.29, 0.717) is 4.83 Å². The molecular formula is C25H37BrO2. The highest BCUT2D eigenvalue weighted by Gasteiger charge is 2.19. The van der Waals surface area contributed by atoms with E-state index in [-0.39, 0.29) is 6.10 Å². The van der Waals surface area contributed by atoms with Crippen LogP contribution in [0.15, 0.2) is 30.3 Å². The molecule has 0 saturated heterocycles. The minimum absolute atomic E-state index is 0.197. The van der Waals surface area contributed by atoms with E-state index in [1.807, 2.05) is 0 Å². The van der Waals surface area contributed by atoms with Crippen LogP contribution in [0.5, 0.6) is 11.5 Å². The summed E-state index contributed by atoms with van der Waals surface area (Å²) in [6.07, 6.45) is 9.52. The second-order valence-electron chi connectivity index (χ2n) is 7.53. The molecule has 2 rings (SSSR count). The predicted molar refractivity (Wildman–Crippen MR) is 125 cm³/mol. The van der Waals surface area contributed by atoms with Crippen molar-refractivity contribution in [1.29, 1.82) is 0 Å². The second-order valence-corrected chi connectivity index (χ2v) is 8.71. The topological polar surface area (TPSA) is 18.5 Å². The van der Waals surface area contributed by atoms with Crippen molar-refractivity contribution in [3.05, 3.63) is 35.9 Å². The van der Waals surface area contributed by atoms with Gasteiger partial charge >= 0.3 is 0 Å². The lowest BCUT2D eigenvalue weighted by molar-refractivity contribution is 0.192. The quantitative estimate of drug-likeness (QED) is 0.227. The SMILES string of the molecule is CCCCCCCOc1ccc2c(CC)c(OC(CC)C(Br)CC)ccc2c1. The molecule has 0 N–H and O–H groups in total. The van der Waals surface area contributed by atoms with Crippen molar-refractivity contribution in [2.75, 3.05) is 6.61 Å². The van der Waals surface area contributed by atoms with Crippen molar-refractivity contribution in [3.8, 4) is 11.5 Å². The van der Waals surface area contributed by atoms with Crippen LogP contribution in [-0.4, -0.2) is 17.5 Å². The lowest BCUT2D eigenvalue weighted by atomic mass is 10.0. The van der Waals surface area contributed by atoms with Gasteiger partial charge in [-0.15, -0.1) is 0 Å². The fraction of sp³-hybridized carbons (Fsp3) is 0.600. The monoisotopic (exact) mass is 448 g/mol. The first-order valence-corrected chi connectivity index (χ1v) is 12.0. The highest BCUT2D eigenvalue weighted by atomic mass is 79.9. The molecule has 0 aliphatic heterocycles. The van der Waals surface area contributed by atoms with Gasteiger partial charge in [-0.05, 0) is 54.7 Å². The maximum Gasteiger partial charge on any atom is 0.123 e. The highest BCUT2D eigenvalue weighted by Crippen LogP contribution is 2.33. The molecule has 2 aromatic carbocycles. The lowest BCUT2D eigenvalue weighted by Crippen LogP contribution is -2.26. The molecular weight excluding hydrogens is 412 g/mol. The molecule has 2 aromatic rings. The van der Waals surface area contributed by atoms with Gasteiger partial charge in [0.25, 0.3) is 0 Å². The Labute approximate surface area is 180 Å². The number of fused-ring (bicyclic) bond motifs is 1. The minimum Gasteiger partial charge on any atom is -0.494 e. The molecule has 0 aliphatic carbocycles. The van der Waals surface area contributed by atoms with E-state index >= 15 is 0 Å². The number of ether oxygens (including phenoxy) is 2. The van der Waals surface area contributed by atoms with Crippen LogP contribution in [-0.2, 0) is 6.42 Å². The molecule has 0 bridgehead atoms. The first-order chi connectivity index (χ1) is 13.6. The normalized spacial score (nSPS) is 13.5. The van der Waals surface area contributed by atoms with Gasteiger partial charge in [0.2, 0.25) is 0 Å². The minimum atomic E-state index is 0.197. The Morgan fingerprint density at radius 3 is 2.36 bits per heavy atom. The number of rotatable bonds is 13. The maximum absolute atomic E-state index is 6.41. The van der Waals surface area contributed by atoms with Crippen molar-refractivity contribution in [2.45, 2.75) is 90.0 Å². The van der Waals surface area contributed by atoms with Gasteiger partial charge in [0.15, 0.2) is 0 Å². The van der Waals surface area contributed by atoms with Crippen molar-refractivity contribution in [2.24, 2.45) is 0 Å². The fourth-order valence-electron chi connectivity index (χ4n) is 3.65. The predicted octanol–water partition coefficient (Wildman–Crippen LogP) is 8.08. The molecule has 2 atom stereocenters. The van der Waals surface area contributed by atoms with Gasteiger partial charge in [0.05, 0.1) is 11.4 Å². The third-order valence-corrected chi connectivity index (χ3v) is 6.64. The zero-order chi connectivity index (χ0) is 20.4. The molecule has 0 aliphatic rings. The van der Waals surface area contributed by atoms with E-state index in [1.54, 1.807) is 0 Å². The van der Waals surface area contributed by atoms with E-state index in [1.165, 1.54) is 42.0 Å². The van der Waals surface area contributed by atoms with Crippen LogP contribution in [0.4, 0.5) is 0 Å². The lowest BCUT2D eigenvalue weighted by Gasteiger charge is -2.24. The summed E-state index contributed by atoms with van der Waals surface area (Å²) in [5.41, 5.74) is 1.29. The first kappa shape index (κ1) is 23.1. The second kappa shape index (κ2) is 12.4. The van der Waals surface area contributed by atoms with E-state index in [0.717, 1.165) is 43.8 Å².